The van der Waals surface area contributed by atoms with E-state index >= 15 is 0 Å². The molecular formula is C19H30N2O2. The molecule has 0 saturated carbocycles. The zero-order valence-electron chi connectivity index (χ0n) is 14.7. The highest BCUT2D eigenvalue weighted by Crippen LogP contribution is 2.18. The van der Waals surface area contributed by atoms with Gasteiger partial charge in [0.25, 0.3) is 0 Å². The molecule has 0 bridgehead atoms. The minimum atomic E-state index is 0.101. The van der Waals surface area contributed by atoms with Crippen molar-refractivity contribution in [2.75, 3.05) is 26.2 Å². The molecule has 1 saturated heterocycles. The Kier molecular flexibility index (Phi) is 6.90. The number of hydrogen-bond donors (Lipinski definition) is 1. The normalized spacial score (nSPS) is 16.3. The molecule has 0 aromatic heterocycles. The zero-order valence-corrected chi connectivity index (χ0v) is 14.7. The number of likely N-dealkylation sites (tertiary alicyclic amines) is 1. The second kappa shape index (κ2) is 8.92. The maximum absolute atomic E-state index is 12.0. The summed E-state index contributed by atoms with van der Waals surface area (Å²) in [6.07, 6.45) is 3.74. The van der Waals surface area contributed by atoms with Crippen LogP contribution >= 0.6 is 0 Å². The van der Waals surface area contributed by atoms with Crippen LogP contribution in [0.5, 0.6) is 5.75 Å². The summed E-state index contributed by atoms with van der Waals surface area (Å²) in [5.74, 6) is 0.972. The third-order valence-corrected chi connectivity index (χ3v) is 4.41. The van der Waals surface area contributed by atoms with Crippen LogP contribution in [0.2, 0.25) is 0 Å². The maximum atomic E-state index is 12.0. The Morgan fingerprint density at radius 3 is 2.70 bits per heavy atom. The Morgan fingerprint density at radius 2 is 2.04 bits per heavy atom. The number of benzene rings is 1. The van der Waals surface area contributed by atoms with Gasteiger partial charge in [-0.15, -0.1) is 0 Å². The molecule has 23 heavy (non-hydrogen) atoms. The van der Waals surface area contributed by atoms with Crippen molar-refractivity contribution < 1.29 is 9.53 Å². The van der Waals surface area contributed by atoms with Crippen LogP contribution in [0.4, 0.5) is 0 Å². The Hall–Kier alpha value is -1.55. The molecule has 4 heteroatoms. The van der Waals surface area contributed by atoms with Gasteiger partial charge in [-0.05, 0) is 51.3 Å². The number of ether oxygens (including phenoxy) is 1. The fraction of sp³-hybridized carbons (Fsp3) is 0.632. The average molecular weight is 318 g/mol. The monoisotopic (exact) mass is 318 g/mol. The lowest BCUT2D eigenvalue weighted by Crippen LogP contribution is -2.45. The first-order valence-corrected chi connectivity index (χ1v) is 8.80. The van der Waals surface area contributed by atoms with Crippen molar-refractivity contribution >= 4 is 5.91 Å². The van der Waals surface area contributed by atoms with Crippen LogP contribution < -0.4 is 10.1 Å². The quantitative estimate of drug-likeness (QED) is 0.840. The second-order valence-electron chi connectivity index (χ2n) is 6.55. The lowest BCUT2D eigenvalue weighted by Gasteiger charge is -2.32. The molecule has 0 spiro atoms. The minimum absolute atomic E-state index is 0.101. The molecule has 0 unspecified atom stereocenters. The van der Waals surface area contributed by atoms with Crippen LogP contribution in [0.3, 0.4) is 0 Å². The van der Waals surface area contributed by atoms with E-state index in [2.05, 4.69) is 30.1 Å². The number of amides is 1. The standard InChI is InChI=1S/C19H30N2O2/c1-4-10-21-11-7-17(8-12-21)20-19(22)9-13-23-18-6-5-15(2)14-16(18)3/h5-6,14,17H,4,7-13H2,1-3H3,(H,20,22). The van der Waals surface area contributed by atoms with Gasteiger partial charge in [0, 0.05) is 19.1 Å². The van der Waals surface area contributed by atoms with Crippen LogP contribution in [0.15, 0.2) is 18.2 Å². The summed E-state index contributed by atoms with van der Waals surface area (Å²) in [5.41, 5.74) is 2.34. The van der Waals surface area contributed by atoms with Crippen molar-refractivity contribution in [3.8, 4) is 5.75 Å². The van der Waals surface area contributed by atoms with E-state index in [0.29, 0.717) is 19.1 Å². The first-order chi connectivity index (χ1) is 11.1. The van der Waals surface area contributed by atoms with Gasteiger partial charge in [0.1, 0.15) is 5.75 Å². The predicted molar refractivity (Wildman–Crippen MR) is 93.9 cm³/mol. The fourth-order valence-electron chi connectivity index (χ4n) is 3.13. The largest absolute Gasteiger partial charge is 0.493 e. The molecule has 2 rings (SSSR count). The van der Waals surface area contributed by atoms with Crippen LogP contribution in [0, 0.1) is 13.8 Å². The van der Waals surface area contributed by atoms with Crippen molar-refractivity contribution in [2.45, 2.75) is 52.5 Å². The van der Waals surface area contributed by atoms with E-state index in [9.17, 15) is 4.79 Å². The van der Waals surface area contributed by atoms with Crippen LogP contribution in [-0.4, -0.2) is 43.1 Å². The molecule has 4 nitrogen and oxygen atoms in total. The Morgan fingerprint density at radius 1 is 1.30 bits per heavy atom. The number of carbonyl (C=O) groups excluding carboxylic acids is 1. The number of rotatable bonds is 7. The minimum Gasteiger partial charge on any atom is -0.493 e. The number of hydrogen-bond acceptors (Lipinski definition) is 3. The van der Waals surface area contributed by atoms with Gasteiger partial charge in [0.05, 0.1) is 13.0 Å². The Bertz CT molecular complexity index is 508. The summed E-state index contributed by atoms with van der Waals surface area (Å²) in [7, 11) is 0. The van der Waals surface area contributed by atoms with E-state index in [1.54, 1.807) is 0 Å². The first kappa shape index (κ1) is 17.8. The molecule has 1 heterocycles. The van der Waals surface area contributed by atoms with Crippen molar-refractivity contribution in [3.63, 3.8) is 0 Å². The molecule has 0 aliphatic carbocycles. The number of carbonyl (C=O) groups is 1. The van der Waals surface area contributed by atoms with E-state index in [-0.39, 0.29) is 5.91 Å². The molecule has 1 aliphatic rings. The Balaban J connectivity index is 1.66. The van der Waals surface area contributed by atoms with Crippen LogP contribution in [0.1, 0.15) is 43.7 Å². The van der Waals surface area contributed by atoms with Gasteiger partial charge in [-0.2, -0.15) is 0 Å². The number of nitrogens with zero attached hydrogens (tertiary/aromatic N) is 1. The number of nitrogens with one attached hydrogen (secondary N) is 1. The molecule has 1 aromatic carbocycles. The summed E-state index contributed by atoms with van der Waals surface area (Å²) >= 11 is 0. The van der Waals surface area contributed by atoms with Gasteiger partial charge in [-0.25, -0.2) is 0 Å². The van der Waals surface area contributed by atoms with Crippen molar-refractivity contribution in [2.24, 2.45) is 0 Å². The maximum Gasteiger partial charge on any atom is 0.223 e. The number of piperidine rings is 1. The highest BCUT2D eigenvalue weighted by Gasteiger charge is 2.19. The highest BCUT2D eigenvalue weighted by atomic mass is 16.5. The van der Waals surface area contributed by atoms with E-state index < -0.39 is 0 Å². The molecular weight excluding hydrogens is 288 g/mol. The van der Waals surface area contributed by atoms with Crippen LogP contribution in [-0.2, 0) is 4.79 Å². The topological polar surface area (TPSA) is 41.6 Å². The third kappa shape index (κ3) is 5.87. The lowest BCUT2D eigenvalue weighted by atomic mass is 10.0. The molecule has 128 valence electrons. The smallest absolute Gasteiger partial charge is 0.223 e. The molecule has 0 radical (unpaired) electrons. The third-order valence-electron chi connectivity index (χ3n) is 4.41. The van der Waals surface area contributed by atoms with Crippen LogP contribution in [0.25, 0.3) is 0 Å². The van der Waals surface area contributed by atoms with Gasteiger partial charge >= 0.3 is 0 Å². The predicted octanol–water partition coefficient (Wildman–Crippen LogP) is 3.06. The summed E-state index contributed by atoms with van der Waals surface area (Å²) in [5, 5.41) is 3.15. The van der Waals surface area contributed by atoms with Gasteiger partial charge < -0.3 is 15.0 Å². The van der Waals surface area contributed by atoms with E-state index in [1.165, 1.54) is 18.5 Å². The van der Waals surface area contributed by atoms with Crippen molar-refractivity contribution in [1.29, 1.82) is 0 Å². The summed E-state index contributed by atoms with van der Waals surface area (Å²) in [6, 6.07) is 6.44. The van der Waals surface area contributed by atoms with E-state index in [0.717, 1.165) is 37.2 Å². The number of aryl methyl sites for hydroxylation is 2. The van der Waals surface area contributed by atoms with E-state index in [1.807, 2.05) is 19.1 Å². The highest BCUT2D eigenvalue weighted by molar-refractivity contribution is 5.76. The average Bonchev–Trinajstić information content (AvgIpc) is 2.52. The molecule has 1 aromatic rings. The molecule has 1 N–H and O–H groups in total. The first-order valence-electron chi connectivity index (χ1n) is 8.80. The summed E-state index contributed by atoms with van der Waals surface area (Å²) in [4.78, 5) is 14.5. The molecule has 1 amide bonds. The molecule has 1 aliphatic heterocycles. The van der Waals surface area contributed by atoms with Gasteiger partial charge in [-0.1, -0.05) is 24.6 Å². The zero-order chi connectivity index (χ0) is 16.7. The summed E-state index contributed by atoms with van der Waals surface area (Å²) < 4.78 is 5.73. The summed E-state index contributed by atoms with van der Waals surface area (Å²) in [6.45, 7) is 10.1. The second-order valence-corrected chi connectivity index (χ2v) is 6.55. The van der Waals surface area contributed by atoms with Crippen molar-refractivity contribution in [3.05, 3.63) is 29.3 Å². The lowest BCUT2D eigenvalue weighted by molar-refractivity contribution is -0.122. The van der Waals surface area contributed by atoms with E-state index in [4.69, 9.17) is 4.74 Å². The molecule has 0 atom stereocenters. The Labute approximate surface area is 140 Å². The SMILES string of the molecule is CCCN1CCC(NC(=O)CCOc2ccc(C)cc2C)CC1. The van der Waals surface area contributed by atoms with Gasteiger partial charge in [0.15, 0.2) is 0 Å². The van der Waals surface area contributed by atoms with Gasteiger partial charge in [-0.3, -0.25) is 4.79 Å². The van der Waals surface area contributed by atoms with Crippen molar-refractivity contribution in [1.82, 2.24) is 10.2 Å². The fourth-order valence-corrected chi connectivity index (χ4v) is 3.13. The molecule has 1 fully saturated rings. The van der Waals surface area contributed by atoms with Gasteiger partial charge in [0.2, 0.25) is 5.91 Å².